The average molecular weight is 419 g/mol. The zero-order chi connectivity index (χ0) is 22.4. The highest BCUT2D eigenvalue weighted by Gasteiger charge is 2.24. The Bertz CT molecular complexity index is 1080. The van der Waals surface area contributed by atoms with Crippen molar-refractivity contribution in [2.75, 3.05) is 0 Å². The molecule has 2 amide bonds. The molecule has 0 spiro atoms. The highest BCUT2D eigenvalue weighted by molar-refractivity contribution is 6.00. The fourth-order valence-corrected chi connectivity index (χ4v) is 3.50. The monoisotopic (exact) mass is 418 g/mol. The predicted molar refractivity (Wildman–Crippen MR) is 125 cm³/mol. The van der Waals surface area contributed by atoms with Crippen molar-refractivity contribution >= 4 is 28.9 Å². The van der Waals surface area contributed by atoms with Gasteiger partial charge in [0.15, 0.2) is 0 Å². The zero-order valence-corrected chi connectivity index (χ0v) is 18.6. The van der Waals surface area contributed by atoms with E-state index in [0.717, 1.165) is 35.0 Å². The number of para-hydroxylation sites is 1. The van der Waals surface area contributed by atoms with Crippen LogP contribution in [0.1, 0.15) is 48.7 Å². The summed E-state index contributed by atoms with van der Waals surface area (Å²) in [5.74, 6) is -0.708. The summed E-state index contributed by atoms with van der Waals surface area (Å²) in [6, 6.07) is 14.7. The number of aryl methyl sites for hydroxylation is 2. The number of hydrogen-bond donors (Lipinski definition) is 2. The molecule has 162 valence electrons. The van der Waals surface area contributed by atoms with E-state index >= 15 is 0 Å². The summed E-state index contributed by atoms with van der Waals surface area (Å²) in [7, 11) is 0. The van der Waals surface area contributed by atoms with E-state index < -0.39 is 6.04 Å². The molecule has 0 saturated heterocycles. The molecule has 0 bridgehead atoms. The van der Waals surface area contributed by atoms with Crippen LogP contribution in [0.2, 0.25) is 0 Å². The second-order valence-electron chi connectivity index (χ2n) is 8.09. The molecule has 0 aliphatic heterocycles. The first-order chi connectivity index (χ1) is 14.9. The third kappa shape index (κ3) is 5.40. The van der Waals surface area contributed by atoms with Gasteiger partial charge < -0.3 is 9.88 Å². The minimum atomic E-state index is -0.688. The number of benzene rings is 2. The Labute approximate surface area is 183 Å². The molecule has 6 nitrogen and oxygen atoms in total. The van der Waals surface area contributed by atoms with Gasteiger partial charge in [-0.05, 0) is 37.5 Å². The van der Waals surface area contributed by atoms with E-state index in [4.69, 9.17) is 0 Å². The van der Waals surface area contributed by atoms with Crippen LogP contribution in [0.4, 0.5) is 0 Å². The minimum Gasteiger partial charge on any atom is -0.347 e. The highest BCUT2D eigenvalue weighted by Crippen LogP contribution is 2.20. The maximum Gasteiger partial charge on any atom is 0.262 e. The molecule has 1 unspecified atom stereocenters. The van der Waals surface area contributed by atoms with Crippen LogP contribution in [0.3, 0.4) is 0 Å². The van der Waals surface area contributed by atoms with Gasteiger partial charge in [0, 0.05) is 34.8 Å². The first-order valence-corrected chi connectivity index (χ1v) is 10.7. The molecule has 2 N–H and O–H groups in total. The number of carbonyl (C=O) groups excluding carboxylic acids is 2. The van der Waals surface area contributed by atoms with Crippen LogP contribution in [0.15, 0.2) is 59.8 Å². The van der Waals surface area contributed by atoms with Gasteiger partial charge in [-0.15, -0.1) is 0 Å². The summed E-state index contributed by atoms with van der Waals surface area (Å²) in [6.07, 6.45) is 4.73. The molecule has 3 rings (SSSR count). The van der Waals surface area contributed by atoms with Crippen molar-refractivity contribution in [2.45, 2.75) is 46.7 Å². The van der Waals surface area contributed by atoms with Gasteiger partial charge in [-0.2, -0.15) is 5.10 Å². The molecule has 1 aromatic heterocycles. The van der Waals surface area contributed by atoms with Crippen LogP contribution in [0.5, 0.6) is 0 Å². The Hall–Kier alpha value is -3.41. The molecular formula is C25H30N4O2. The van der Waals surface area contributed by atoms with E-state index in [2.05, 4.69) is 33.4 Å². The Morgan fingerprint density at radius 1 is 1.10 bits per heavy atom. The van der Waals surface area contributed by atoms with Crippen LogP contribution in [-0.4, -0.2) is 28.6 Å². The van der Waals surface area contributed by atoms with Crippen LogP contribution >= 0.6 is 0 Å². The summed E-state index contributed by atoms with van der Waals surface area (Å²) in [6.45, 7) is 8.80. The van der Waals surface area contributed by atoms with E-state index in [1.165, 1.54) is 0 Å². The van der Waals surface area contributed by atoms with E-state index in [1.54, 1.807) is 18.3 Å². The van der Waals surface area contributed by atoms with Gasteiger partial charge in [0.1, 0.15) is 6.04 Å². The number of amides is 2. The molecule has 3 aromatic rings. The lowest BCUT2D eigenvalue weighted by Gasteiger charge is -2.20. The molecule has 31 heavy (non-hydrogen) atoms. The smallest absolute Gasteiger partial charge is 0.262 e. The number of fused-ring (bicyclic) bond motifs is 1. The largest absolute Gasteiger partial charge is 0.347 e. The van der Waals surface area contributed by atoms with Crippen molar-refractivity contribution in [1.82, 2.24) is 15.3 Å². The van der Waals surface area contributed by atoms with Gasteiger partial charge in [-0.25, -0.2) is 5.43 Å². The number of carbonyl (C=O) groups is 2. The molecule has 0 radical (unpaired) electrons. The van der Waals surface area contributed by atoms with E-state index in [1.807, 2.05) is 57.3 Å². The van der Waals surface area contributed by atoms with E-state index in [0.29, 0.717) is 5.56 Å². The standard InChI is InChI=1S/C25H30N4O2/c1-5-14-29-16-20(21-8-6-7-9-22(21)29)15-26-28-25(31)23(17(2)3)27-24(30)19-12-10-18(4)11-13-19/h6-13,15-17,23H,5,14H2,1-4H3,(H,27,30)(H,28,31). The lowest BCUT2D eigenvalue weighted by Crippen LogP contribution is -2.48. The molecular weight excluding hydrogens is 388 g/mol. The lowest BCUT2D eigenvalue weighted by atomic mass is 10.0. The number of hydrogen-bond acceptors (Lipinski definition) is 3. The summed E-state index contributed by atoms with van der Waals surface area (Å²) < 4.78 is 2.19. The predicted octanol–water partition coefficient (Wildman–Crippen LogP) is 4.26. The number of rotatable bonds is 8. The van der Waals surface area contributed by atoms with E-state index in [9.17, 15) is 9.59 Å². The topological polar surface area (TPSA) is 75.5 Å². The van der Waals surface area contributed by atoms with Crippen LogP contribution in [0.25, 0.3) is 10.9 Å². The second-order valence-corrected chi connectivity index (χ2v) is 8.09. The maximum atomic E-state index is 12.7. The Kier molecular flexibility index (Phi) is 7.23. The van der Waals surface area contributed by atoms with Gasteiger partial charge in [0.25, 0.3) is 11.8 Å². The molecule has 2 aromatic carbocycles. The highest BCUT2D eigenvalue weighted by atomic mass is 16.2. The normalized spacial score (nSPS) is 12.4. The molecule has 0 aliphatic rings. The molecule has 0 aliphatic carbocycles. The van der Waals surface area contributed by atoms with Gasteiger partial charge in [0.2, 0.25) is 0 Å². The van der Waals surface area contributed by atoms with Gasteiger partial charge >= 0.3 is 0 Å². The van der Waals surface area contributed by atoms with Crippen LogP contribution in [0, 0.1) is 12.8 Å². The van der Waals surface area contributed by atoms with Crippen LogP contribution in [-0.2, 0) is 11.3 Å². The number of aromatic nitrogens is 1. The minimum absolute atomic E-state index is 0.0870. The first-order valence-electron chi connectivity index (χ1n) is 10.7. The van der Waals surface area contributed by atoms with Crippen molar-refractivity contribution < 1.29 is 9.59 Å². The van der Waals surface area contributed by atoms with Crippen molar-refractivity contribution in [1.29, 1.82) is 0 Å². The fourth-order valence-electron chi connectivity index (χ4n) is 3.50. The van der Waals surface area contributed by atoms with Gasteiger partial charge in [-0.1, -0.05) is 56.7 Å². The number of nitrogens with one attached hydrogen (secondary N) is 2. The zero-order valence-electron chi connectivity index (χ0n) is 18.6. The molecule has 1 heterocycles. The van der Waals surface area contributed by atoms with Gasteiger partial charge in [0.05, 0.1) is 6.21 Å². The third-order valence-corrected chi connectivity index (χ3v) is 5.21. The number of nitrogens with zero attached hydrogens (tertiary/aromatic N) is 2. The average Bonchev–Trinajstić information content (AvgIpc) is 3.10. The Morgan fingerprint density at radius 2 is 1.81 bits per heavy atom. The lowest BCUT2D eigenvalue weighted by molar-refractivity contribution is -0.123. The van der Waals surface area contributed by atoms with Crippen molar-refractivity contribution in [3.63, 3.8) is 0 Å². The molecule has 0 saturated carbocycles. The molecule has 1 atom stereocenters. The van der Waals surface area contributed by atoms with E-state index in [-0.39, 0.29) is 17.7 Å². The third-order valence-electron chi connectivity index (χ3n) is 5.21. The van der Waals surface area contributed by atoms with Crippen LogP contribution < -0.4 is 10.7 Å². The van der Waals surface area contributed by atoms with Crippen molar-refractivity contribution in [3.8, 4) is 0 Å². The molecule has 6 heteroatoms. The van der Waals surface area contributed by atoms with Crippen molar-refractivity contribution in [2.24, 2.45) is 11.0 Å². The second kappa shape index (κ2) is 10.1. The fraction of sp³-hybridized carbons (Fsp3) is 0.320. The quantitative estimate of drug-likeness (QED) is 0.424. The Morgan fingerprint density at radius 3 is 2.48 bits per heavy atom. The summed E-state index contributed by atoms with van der Waals surface area (Å²) in [5, 5.41) is 8.08. The van der Waals surface area contributed by atoms with Crippen molar-refractivity contribution in [3.05, 3.63) is 71.4 Å². The number of hydrazone groups is 1. The summed E-state index contributed by atoms with van der Waals surface area (Å²) in [4.78, 5) is 25.3. The first kappa shape index (κ1) is 22.3. The molecule has 0 fully saturated rings. The SMILES string of the molecule is CCCn1cc(C=NNC(=O)C(NC(=O)c2ccc(C)cc2)C(C)C)c2ccccc21. The Balaban J connectivity index is 1.70. The van der Waals surface area contributed by atoms with Gasteiger partial charge in [-0.3, -0.25) is 9.59 Å². The summed E-state index contributed by atoms with van der Waals surface area (Å²) >= 11 is 0. The summed E-state index contributed by atoms with van der Waals surface area (Å²) in [5.41, 5.74) is 6.27. The maximum absolute atomic E-state index is 12.7.